The first-order valence-electron chi connectivity index (χ1n) is 7.65. The summed E-state index contributed by atoms with van der Waals surface area (Å²) in [6, 6.07) is 2.42. The Balaban J connectivity index is 1.99. The molecule has 0 aromatic heterocycles. The summed E-state index contributed by atoms with van der Waals surface area (Å²) in [5, 5.41) is 0. The van der Waals surface area contributed by atoms with E-state index in [1.165, 1.54) is 59.9 Å². The van der Waals surface area contributed by atoms with Crippen molar-refractivity contribution in [2.45, 2.75) is 58.8 Å². The SMILES string of the molecule is C=C1CCc2cc(C)c(CC3=CCCCC3)c(C)c21. The number of allylic oxidation sites excluding steroid dienone is 3. The summed E-state index contributed by atoms with van der Waals surface area (Å²) in [6.07, 6.45) is 11.3. The molecule has 3 rings (SSSR count). The second-order valence-corrected chi connectivity index (χ2v) is 6.22. The van der Waals surface area contributed by atoms with Crippen molar-refractivity contribution < 1.29 is 0 Å². The Morgan fingerprint density at radius 1 is 1.11 bits per heavy atom. The van der Waals surface area contributed by atoms with E-state index >= 15 is 0 Å². The molecule has 0 unspecified atom stereocenters. The maximum absolute atomic E-state index is 4.26. The van der Waals surface area contributed by atoms with Crippen LogP contribution in [-0.2, 0) is 12.8 Å². The van der Waals surface area contributed by atoms with Gasteiger partial charge < -0.3 is 0 Å². The maximum Gasteiger partial charge on any atom is -0.00617 e. The van der Waals surface area contributed by atoms with Crippen LogP contribution in [-0.4, -0.2) is 0 Å². The molecule has 0 heterocycles. The van der Waals surface area contributed by atoms with Crippen LogP contribution < -0.4 is 0 Å². The van der Waals surface area contributed by atoms with E-state index in [-0.39, 0.29) is 0 Å². The van der Waals surface area contributed by atoms with Crippen LogP contribution in [0.1, 0.15) is 59.9 Å². The highest BCUT2D eigenvalue weighted by atomic mass is 14.3. The topological polar surface area (TPSA) is 0 Å². The minimum atomic E-state index is 1.15. The van der Waals surface area contributed by atoms with E-state index in [4.69, 9.17) is 0 Å². The van der Waals surface area contributed by atoms with Crippen LogP contribution in [0.4, 0.5) is 0 Å². The normalized spacial score (nSPS) is 18.4. The first-order valence-corrected chi connectivity index (χ1v) is 7.65. The quantitative estimate of drug-likeness (QED) is 0.626. The van der Waals surface area contributed by atoms with Gasteiger partial charge in [-0.1, -0.05) is 24.3 Å². The summed E-state index contributed by atoms with van der Waals surface area (Å²) < 4.78 is 0. The molecule has 0 nitrogen and oxygen atoms in total. The van der Waals surface area contributed by atoms with Gasteiger partial charge in [-0.25, -0.2) is 0 Å². The average molecular weight is 252 g/mol. The van der Waals surface area contributed by atoms with E-state index in [1.807, 2.05) is 0 Å². The Hall–Kier alpha value is -1.30. The molecule has 0 radical (unpaired) electrons. The van der Waals surface area contributed by atoms with Gasteiger partial charge in [0.05, 0.1) is 0 Å². The number of fused-ring (bicyclic) bond motifs is 1. The minimum absolute atomic E-state index is 1.15. The van der Waals surface area contributed by atoms with Gasteiger partial charge in [0.25, 0.3) is 0 Å². The Kier molecular flexibility index (Phi) is 3.35. The second-order valence-electron chi connectivity index (χ2n) is 6.22. The van der Waals surface area contributed by atoms with E-state index in [0.717, 1.165) is 12.8 Å². The van der Waals surface area contributed by atoms with Crippen LogP contribution in [0.5, 0.6) is 0 Å². The highest BCUT2D eigenvalue weighted by molar-refractivity contribution is 5.75. The lowest BCUT2D eigenvalue weighted by Gasteiger charge is -2.19. The van der Waals surface area contributed by atoms with Crippen molar-refractivity contribution in [3.63, 3.8) is 0 Å². The molecule has 100 valence electrons. The first kappa shape index (κ1) is 12.7. The number of hydrogen-bond donors (Lipinski definition) is 0. The summed E-state index contributed by atoms with van der Waals surface area (Å²) in [4.78, 5) is 0. The fourth-order valence-electron chi connectivity index (χ4n) is 3.77. The fourth-order valence-corrected chi connectivity index (χ4v) is 3.77. The molecule has 0 bridgehead atoms. The van der Waals surface area contributed by atoms with E-state index < -0.39 is 0 Å². The van der Waals surface area contributed by atoms with Crippen molar-refractivity contribution in [3.8, 4) is 0 Å². The van der Waals surface area contributed by atoms with Gasteiger partial charge in [-0.3, -0.25) is 0 Å². The van der Waals surface area contributed by atoms with Gasteiger partial charge >= 0.3 is 0 Å². The average Bonchev–Trinajstić information content (AvgIpc) is 2.77. The van der Waals surface area contributed by atoms with Gasteiger partial charge in [0.2, 0.25) is 0 Å². The lowest BCUT2D eigenvalue weighted by Crippen LogP contribution is -2.03. The van der Waals surface area contributed by atoms with E-state index in [9.17, 15) is 0 Å². The van der Waals surface area contributed by atoms with Gasteiger partial charge in [-0.2, -0.15) is 0 Å². The number of benzene rings is 1. The third-order valence-corrected chi connectivity index (χ3v) is 4.85. The standard InChI is InChI=1S/C19H24/c1-13-9-10-17-11-14(2)18(15(3)19(13)17)12-16-7-5-4-6-8-16/h7,11H,1,4-6,8-10,12H2,2-3H3. The first-order chi connectivity index (χ1) is 9.16. The van der Waals surface area contributed by atoms with Crippen LogP contribution in [0, 0.1) is 13.8 Å². The summed E-state index contributed by atoms with van der Waals surface area (Å²) in [7, 11) is 0. The third kappa shape index (κ3) is 2.29. The van der Waals surface area contributed by atoms with Crippen molar-refractivity contribution in [1.82, 2.24) is 0 Å². The molecule has 19 heavy (non-hydrogen) atoms. The molecule has 1 aromatic rings. The molecule has 0 atom stereocenters. The van der Waals surface area contributed by atoms with Gasteiger partial charge in [0.15, 0.2) is 0 Å². The second kappa shape index (κ2) is 5.00. The van der Waals surface area contributed by atoms with Crippen molar-refractivity contribution in [1.29, 1.82) is 0 Å². The van der Waals surface area contributed by atoms with Gasteiger partial charge in [-0.05, 0) is 92.2 Å². The molecule has 0 spiro atoms. The number of rotatable bonds is 2. The Morgan fingerprint density at radius 3 is 2.68 bits per heavy atom. The Morgan fingerprint density at radius 2 is 1.95 bits per heavy atom. The third-order valence-electron chi connectivity index (χ3n) is 4.85. The monoisotopic (exact) mass is 252 g/mol. The van der Waals surface area contributed by atoms with E-state index in [0.29, 0.717) is 0 Å². The molecule has 0 fully saturated rings. The molecular weight excluding hydrogens is 228 g/mol. The van der Waals surface area contributed by atoms with Crippen LogP contribution in [0.25, 0.3) is 5.57 Å². The number of hydrogen-bond acceptors (Lipinski definition) is 0. The van der Waals surface area contributed by atoms with Crippen molar-refractivity contribution in [2.75, 3.05) is 0 Å². The zero-order chi connectivity index (χ0) is 13.4. The van der Waals surface area contributed by atoms with Crippen LogP contribution in [0.2, 0.25) is 0 Å². The highest BCUT2D eigenvalue weighted by Crippen LogP contribution is 2.37. The predicted molar refractivity (Wildman–Crippen MR) is 83.5 cm³/mol. The molecule has 0 N–H and O–H groups in total. The van der Waals surface area contributed by atoms with Crippen molar-refractivity contribution >= 4 is 5.57 Å². The zero-order valence-electron chi connectivity index (χ0n) is 12.3. The molecule has 0 aliphatic heterocycles. The lowest BCUT2D eigenvalue weighted by molar-refractivity contribution is 0.687. The van der Waals surface area contributed by atoms with Gasteiger partial charge in [0, 0.05) is 0 Å². The molecule has 0 saturated carbocycles. The molecule has 0 heteroatoms. The molecule has 0 saturated heterocycles. The summed E-state index contributed by atoms with van der Waals surface area (Å²) in [6.45, 7) is 8.85. The molecule has 0 amide bonds. The maximum atomic E-state index is 4.26. The molecule has 1 aromatic carbocycles. The Labute approximate surface area is 117 Å². The molecule has 2 aliphatic carbocycles. The smallest absolute Gasteiger partial charge is 0.00617 e. The molecule has 2 aliphatic rings. The summed E-state index contributed by atoms with van der Waals surface area (Å²) >= 11 is 0. The minimum Gasteiger partial charge on any atom is -0.0952 e. The number of aryl methyl sites for hydroxylation is 2. The fraction of sp³-hybridized carbons (Fsp3) is 0.474. The van der Waals surface area contributed by atoms with E-state index in [1.54, 1.807) is 11.1 Å². The van der Waals surface area contributed by atoms with Gasteiger partial charge in [0.1, 0.15) is 0 Å². The van der Waals surface area contributed by atoms with E-state index in [2.05, 4.69) is 32.6 Å². The predicted octanol–water partition coefficient (Wildman–Crippen LogP) is 5.31. The lowest BCUT2D eigenvalue weighted by atomic mass is 9.87. The largest absolute Gasteiger partial charge is 0.0952 e. The summed E-state index contributed by atoms with van der Waals surface area (Å²) in [5.74, 6) is 0. The van der Waals surface area contributed by atoms with Crippen LogP contribution in [0.3, 0.4) is 0 Å². The highest BCUT2D eigenvalue weighted by Gasteiger charge is 2.20. The summed E-state index contributed by atoms with van der Waals surface area (Å²) in [5.41, 5.74) is 10.6. The molecular formula is C19H24. The van der Waals surface area contributed by atoms with Crippen molar-refractivity contribution in [3.05, 3.63) is 52.1 Å². The van der Waals surface area contributed by atoms with Crippen molar-refractivity contribution in [2.24, 2.45) is 0 Å². The van der Waals surface area contributed by atoms with Gasteiger partial charge in [-0.15, -0.1) is 0 Å². The zero-order valence-corrected chi connectivity index (χ0v) is 12.3. The van der Waals surface area contributed by atoms with Crippen LogP contribution >= 0.6 is 0 Å². The van der Waals surface area contributed by atoms with Crippen LogP contribution in [0.15, 0.2) is 24.3 Å². The Bertz CT molecular complexity index is 558.